The minimum absolute atomic E-state index is 0.716. The molecule has 0 radical (unpaired) electrons. The van der Waals surface area contributed by atoms with Crippen molar-refractivity contribution in [3.05, 3.63) is 17.1 Å². The fourth-order valence-electron chi connectivity index (χ4n) is 2.13. The molecule has 0 bridgehead atoms. The second kappa shape index (κ2) is 4.09. The second-order valence-corrected chi connectivity index (χ2v) is 5.90. The summed E-state index contributed by atoms with van der Waals surface area (Å²) in [5.41, 5.74) is 1.45. The quantitative estimate of drug-likeness (QED) is 0.700. The van der Waals surface area contributed by atoms with Gasteiger partial charge in [0.05, 0.1) is 0 Å². The van der Waals surface area contributed by atoms with E-state index in [0.717, 1.165) is 11.8 Å². The number of nitrogens with zero attached hydrogens (tertiary/aromatic N) is 1. The van der Waals surface area contributed by atoms with Crippen molar-refractivity contribution >= 4 is 27.5 Å². The molecule has 3 heteroatoms. The van der Waals surface area contributed by atoms with Crippen molar-refractivity contribution in [3.8, 4) is 0 Å². The second-order valence-electron chi connectivity index (χ2n) is 3.95. The maximum atomic E-state index is 4.18. The van der Waals surface area contributed by atoms with Crippen molar-refractivity contribution < 1.29 is 0 Å². The molecule has 0 N–H and O–H groups in total. The first kappa shape index (κ1) is 9.66. The molecule has 1 aliphatic rings. The van der Waals surface area contributed by atoms with Gasteiger partial charge in [0.1, 0.15) is 0 Å². The van der Waals surface area contributed by atoms with Gasteiger partial charge in [-0.25, -0.2) is 4.37 Å². The Bertz CT molecular complexity index is 260. The molecule has 1 heterocycles. The van der Waals surface area contributed by atoms with Crippen molar-refractivity contribution in [1.29, 1.82) is 0 Å². The minimum Gasteiger partial charge on any atom is -0.201 e. The molecule has 0 amide bonds. The highest BCUT2D eigenvalue weighted by Crippen LogP contribution is 2.40. The summed E-state index contributed by atoms with van der Waals surface area (Å²) in [5.74, 6) is 1.56. The van der Waals surface area contributed by atoms with E-state index in [1.165, 1.54) is 24.8 Å². The van der Waals surface area contributed by atoms with Crippen molar-refractivity contribution in [2.75, 3.05) is 0 Å². The Kier molecular flexibility index (Phi) is 3.04. The Morgan fingerprint density at radius 3 is 3.08 bits per heavy atom. The van der Waals surface area contributed by atoms with Crippen LogP contribution < -0.4 is 0 Å². The van der Waals surface area contributed by atoms with Crippen LogP contribution >= 0.6 is 27.5 Å². The summed E-state index contributed by atoms with van der Waals surface area (Å²) in [4.78, 5) is 0.716. The molecule has 0 aromatic carbocycles. The standard InChI is InChI=1S/C10H14BrNS/c1-7-2-3-9(11)4-10(7)8-5-12-13-6-8/h5-7,9-10H,2-4H2,1H3. The van der Waals surface area contributed by atoms with Gasteiger partial charge in [-0.15, -0.1) is 0 Å². The Morgan fingerprint density at radius 1 is 1.54 bits per heavy atom. The molecule has 72 valence electrons. The average molecular weight is 260 g/mol. The monoisotopic (exact) mass is 259 g/mol. The third-order valence-electron chi connectivity index (χ3n) is 3.01. The van der Waals surface area contributed by atoms with Crippen molar-refractivity contribution in [2.45, 2.75) is 36.9 Å². The third kappa shape index (κ3) is 2.13. The van der Waals surface area contributed by atoms with Gasteiger partial charge >= 0.3 is 0 Å². The maximum absolute atomic E-state index is 4.18. The first-order valence-corrected chi connectivity index (χ1v) is 6.56. The van der Waals surface area contributed by atoms with Crippen LogP contribution in [0.5, 0.6) is 0 Å². The highest BCUT2D eigenvalue weighted by molar-refractivity contribution is 9.09. The van der Waals surface area contributed by atoms with Crippen molar-refractivity contribution in [2.24, 2.45) is 5.92 Å². The van der Waals surface area contributed by atoms with Gasteiger partial charge in [-0.1, -0.05) is 22.9 Å². The number of aromatic nitrogens is 1. The van der Waals surface area contributed by atoms with E-state index in [1.807, 2.05) is 6.20 Å². The van der Waals surface area contributed by atoms with Gasteiger partial charge in [0.2, 0.25) is 0 Å². The summed E-state index contributed by atoms with van der Waals surface area (Å²) in [6.45, 7) is 2.36. The van der Waals surface area contributed by atoms with Crippen LogP contribution in [0.4, 0.5) is 0 Å². The summed E-state index contributed by atoms with van der Waals surface area (Å²) in [6, 6.07) is 0. The van der Waals surface area contributed by atoms with Crippen LogP contribution in [0, 0.1) is 5.92 Å². The van der Waals surface area contributed by atoms with E-state index in [1.54, 1.807) is 11.5 Å². The molecule has 1 aromatic heterocycles. The molecule has 13 heavy (non-hydrogen) atoms. The summed E-state index contributed by atoms with van der Waals surface area (Å²) >= 11 is 5.30. The third-order valence-corrected chi connectivity index (χ3v) is 4.45. The summed E-state index contributed by atoms with van der Waals surface area (Å²) in [6.07, 6.45) is 5.99. The fraction of sp³-hybridized carbons (Fsp3) is 0.700. The van der Waals surface area contributed by atoms with Gasteiger partial charge in [0.25, 0.3) is 0 Å². The molecule has 3 atom stereocenters. The van der Waals surface area contributed by atoms with E-state index in [0.29, 0.717) is 4.83 Å². The molecule has 0 saturated heterocycles. The fourth-order valence-corrected chi connectivity index (χ4v) is 3.40. The van der Waals surface area contributed by atoms with E-state index in [2.05, 4.69) is 32.6 Å². The lowest BCUT2D eigenvalue weighted by atomic mass is 9.77. The van der Waals surface area contributed by atoms with Crippen LogP contribution in [-0.4, -0.2) is 9.20 Å². The summed E-state index contributed by atoms with van der Waals surface area (Å²) < 4.78 is 4.18. The zero-order chi connectivity index (χ0) is 9.26. The Hall–Kier alpha value is 0.110. The minimum atomic E-state index is 0.716. The maximum Gasteiger partial charge on any atom is 0.0441 e. The highest BCUT2D eigenvalue weighted by Gasteiger charge is 2.27. The normalized spacial score (nSPS) is 34.8. The lowest BCUT2D eigenvalue weighted by Crippen LogP contribution is -2.20. The largest absolute Gasteiger partial charge is 0.201 e. The van der Waals surface area contributed by atoms with Gasteiger partial charge < -0.3 is 0 Å². The van der Waals surface area contributed by atoms with E-state index in [-0.39, 0.29) is 0 Å². The molecular formula is C10H14BrNS. The lowest BCUT2D eigenvalue weighted by Gasteiger charge is -2.31. The van der Waals surface area contributed by atoms with Gasteiger partial charge in [-0.05, 0) is 48.2 Å². The van der Waals surface area contributed by atoms with E-state index >= 15 is 0 Å². The molecule has 1 nitrogen and oxygen atoms in total. The van der Waals surface area contributed by atoms with Crippen molar-refractivity contribution in [1.82, 2.24) is 4.37 Å². The topological polar surface area (TPSA) is 12.9 Å². The number of hydrogen-bond donors (Lipinski definition) is 0. The highest BCUT2D eigenvalue weighted by atomic mass is 79.9. The smallest absolute Gasteiger partial charge is 0.0441 e. The van der Waals surface area contributed by atoms with Gasteiger partial charge in [0, 0.05) is 16.4 Å². The molecule has 0 spiro atoms. The van der Waals surface area contributed by atoms with Crippen LogP contribution in [0.15, 0.2) is 11.6 Å². The number of hydrogen-bond acceptors (Lipinski definition) is 2. The van der Waals surface area contributed by atoms with Crippen molar-refractivity contribution in [3.63, 3.8) is 0 Å². The summed E-state index contributed by atoms with van der Waals surface area (Å²) in [7, 11) is 0. The SMILES string of the molecule is CC1CCC(Br)CC1c1cnsc1. The number of rotatable bonds is 1. The Morgan fingerprint density at radius 2 is 2.38 bits per heavy atom. The Balaban J connectivity index is 2.12. The van der Waals surface area contributed by atoms with E-state index in [4.69, 9.17) is 0 Å². The first-order chi connectivity index (χ1) is 6.27. The lowest BCUT2D eigenvalue weighted by molar-refractivity contribution is 0.340. The van der Waals surface area contributed by atoms with E-state index < -0.39 is 0 Å². The number of halogens is 1. The predicted octanol–water partition coefficient (Wildman–Crippen LogP) is 3.81. The summed E-state index contributed by atoms with van der Waals surface area (Å²) in [5, 5.41) is 2.20. The molecular weight excluding hydrogens is 246 g/mol. The molecule has 1 aromatic rings. The number of alkyl halides is 1. The zero-order valence-electron chi connectivity index (χ0n) is 7.74. The molecule has 1 aliphatic carbocycles. The van der Waals surface area contributed by atoms with Crippen LogP contribution in [-0.2, 0) is 0 Å². The average Bonchev–Trinajstić information content (AvgIpc) is 2.61. The van der Waals surface area contributed by atoms with Crippen LogP contribution in [0.25, 0.3) is 0 Å². The molecule has 1 saturated carbocycles. The zero-order valence-corrected chi connectivity index (χ0v) is 10.1. The first-order valence-electron chi connectivity index (χ1n) is 4.80. The van der Waals surface area contributed by atoms with Crippen LogP contribution in [0.3, 0.4) is 0 Å². The molecule has 1 fully saturated rings. The van der Waals surface area contributed by atoms with Crippen LogP contribution in [0.2, 0.25) is 0 Å². The molecule has 2 rings (SSSR count). The molecule has 3 unspecified atom stereocenters. The van der Waals surface area contributed by atoms with Gasteiger partial charge in [-0.3, -0.25) is 0 Å². The van der Waals surface area contributed by atoms with Gasteiger partial charge in [0.15, 0.2) is 0 Å². The molecule has 0 aliphatic heterocycles. The predicted molar refractivity (Wildman–Crippen MR) is 60.6 cm³/mol. The van der Waals surface area contributed by atoms with E-state index in [9.17, 15) is 0 Å². The van der Waals surface area contributed by atoms with Gasteiger partial charge in [-0.2, -0.15) is 0 Å². The Labute approximate surface area is 91.8 Å². The van der Waals surface area contributed by atoms with Crippen LogP contribution in [0.1, 0.15) is 37.7 Å².